The van der Waals surface area contributed by atoms with Crippen LogP contribution in [-0.4, -0.2) is 22.2 Å². The highest BCUT2D eigenvalue weighted by Gasteiger charge is 2.21. The summed E-state index contributed by atoms with van der Waals surface area (Å²) in [4.78, 5) is 23.4. The minimum Gasteiger partial charge on any atom is -0.478 e. The molecule has 4 aromatic rings. The molecule has 158 valence electrons. The van der Waals surface area contributed by atoms with Gasteiger partial charge in [0.05, 0.1) is 11.1 Å². The molecule has 0 saturated heterocycles. The number of benzene rings is 4. The van der Waals surface area contributed by atoms with E-state index < -0.39 is 11.9 Å². The maximum atomic E-state index is 12.2. The summed E-state index contributed by atoms with van der Waals surface area (Å²) in [5.41, 5.74) is 17.5. The number of anilines is 2. The Morgan fingerprint density at radius 3 is 1.47 bits per heavy atom. The van der Waals surface area contributed by atoms with Gasteiger partial charge >= 0.3 is 11.9 Å². The van der Waals surface area contributed by atoms with Gasteiger partial charge in [0.25, 0.3) is 0 Å². The van der Waals surface area contributed by atoms with E-state index in [1.54, 1.807) is 60.7 Å². The lowest BCUT2D eigenvalue weighted by Crippen LogP contribution is -2.03. The molecule has 0 aliphatic carbocycles. The zero-order chi connectivity index (χ0) is 22.8. The summed E-state index contributed by atoms with van der Waals surface area (Å²) in [6.45, 7) is 0. The van der Waals surface area contributed by atoms with Gasteiger partial charge in [0.2, 0.25) is 0 Å². The van der Waals surface area contributed by atoms with Crippen molar-refractivity contribution in [3.8, 4) is 33.4 Å². The van der Waals surface area contributed by atoms with Gasteiger partial charge in [-0.25, -0.2) is 9.59 Å². The molecule has 0 heterocycles. The molecule has 32 heavy (non-hydrogen) atoms. The fraction of sp³-hybridized carbons (Fsp3) is 0. The number of aromatic carboxylic acids is 2. The highest BCUT2D eigenvalue weighted by Crippen LogP contribution is 2.42. The average Bonchev–Trinajstić information content (AvgIpc) is 2.79. The quantitative estimate of drug-likeness (QED) is 0.324. The first-order valence-corrected chi connectivity index (χ1v) is 9.81. The molecule has 0 fully saturated rings. The second-order valence-electron chi connectivity index (χ2n) is 7.34. The lowest BCUT2D eigenvalue weighted by atomic mass is 9.84. The molecule has 0 atom stereocenters. The molecular weight excluding hydrogens is 404 g/mol. The third-order valence-electron chi connectivity index (χ3n) is 5.28. The smallest absolute Gasteiger partial charge is 0.336 e. The van der Waals surface area contributed by atoms with Gasteiger partial charge in [0, 0.05) is 16.9 Å². The van der Waals surface area contributed by atoms with Gasteiger partial charge in [-0.15, -0.1) is 0 Å². The molecule has 0 aromatic heterocycles. The molecule has 6 N–H and O–H groups in total. The predicted octanol–water partition coefficient (Wildman–Crippen LogP) is 5.25. The number of rotatable bonds is 5. The van der Waals surface area contributed by atoms with Crippen LogP contribution in [0.5, 0.6) is 0 Å². The van der Waals surface area contributed by atoms with Crippen molar-refractivity contribution >= 4 is 23.3 Å². The van der Waals surface area contributed by atoms with Gasteiger partial charge in [0.15, 0.2) is 0 Å². The van der Waals surface area contributed by atoms with Crippen molar-refractivity contribution < 1.29 is 19.8 Å². The molecule has 0 unspecified atom stereocenters. The largest absolute Gasteiger partial charge is 0.478 e. The van der Waals surface area contributed by atoms with Gasteiger partial charge in [-0.05, 0) is 70.3 Å². The molecule has 0 radical (unpaired) electrons. The van der Waals surface area contributed by atoms with Crippen LogP contribution in [0.2, 0.25) is 0 Å². The van der Waals surface area contributed by atoms with Gasteiger partial charge in [-0.3, -0.25) is 0 Å². The number of carbonyl (C=O) groups is 2. The van der Waals surface area contributed by atoms with Crippen molar-refractivity contribution in [2.75, 3.05) is 11.5 Å². The Labute approximate surface area is 184 Å². The summed E-state index contributed by atoms with van der Waals surface area (Å²) in [6, 6.07) is 24.0. The first-order valence-electron chi connectivity index (χ1n) is 9.81. The van der Waals surface area contributed by atoms with Crippen LogP contribution in [0.3, 0.4) is 0 Å². The summed E-state index contributed by atoms with van der Waals surface area (Å²) < 4.78 is 0. The number of nitrogen functional groups attached to an aromatic ring is 2. The Kier molecular flexibility index (Phi) is 5.35. The predicted molar refractivity (Wildman–Crippen MR) is 125 cm³/mol. The summed E-state index contributed by atoms with van der Waals surface area (Å²) in [5, 5.41) is 19.2. The molecule has 4 rings (SSSR count). The van der Waals surface area contributed by atoms with E-state index in [2.05, 4.69) is 0 Å². The molecule has 6 nitrogen and oxygen atoms in total. The molecule has 4 aromatic carbocycles. The summed E-state index contributed by atoms with van der Waals surface area (Å²) >= 11 is 0. The van der Waals surface area contributed by atoms with Gasteiger partial charge in [-0.1, -0.05) is 42.5 Å². The third kappa shape index (κ3) is 3.89. The lowest BCUT2D eigenvalue weighted by Gasteiger charge is -2.19. The first kappa shape index (κ1) is 20.7. The van der Waals surface area contributed by atoms with Crippen LogP contribution in [0.25, 0.3) is 33.4 Å². The van der Waals surface area contributed by atoms with E-state index in [4.69, 9.17) is 11.5 Å². The first-order chi connectivity index (χ1) is 15.3. The average molecular weight is 424 g/mol. The molecule has 0 saturated carbocycles. The molecule has 6 heteroatoms. The van der Waals surface area contributed by atoms with Crippen molar-refractivity contribution in [3.05, 3.63) is 96.1 Å². The van der Waals surface area contributed by atoms with E-state index in [1.807, 2.05) is 12.1 Å². The normalized spacial score (nSPS) is 10.6. The van der Waals surface area contributed by atoms with Crippen LogP contribution in [0, 0.1) is 0 Å². The van der Waals surface area contributed by atoms with Crippen LogP contribution in [0.15, 0.2) is 84.9 Å². The topological polar surface area (TPSA) is 127 Å². The van der Waals surface area contributed by atoms with E-state index >= 15 is 0 Å². The summed E-state index contributed by atoms with van der Waals surface area (Å²) in [5.74, 6) is -2.07. The number of carboxylic acid groups (broad SMARTS) is 2. The minimum atomic E-state index is -1.05. The van der Waals surface area contributed by atoms with Gasteiger partial charge < -0.3 is 21.7 Å². The Morgan fingerprint density at radius 2 is 1.00 bits per heavy atom. The Balaban J connectivity index is 2.07. The highest BCUT2D eigenvalue weighted by molar-refractivity contribution is 6.05. The second-order valence-corrected chi connectivity index (χ2v) is 7.34. The van der Waals surface area contributed by atoms with E-state index in [0.717, 1.165) is 16.7 Å². The van der Waals surface area contributed by atoms with Crippen LogP contribution in [0.1, 0.15) is 20.7 Å². The minimum absolute atomic E-state index is 0.146. The number of hydrogen-bond donors (Lipinski definition) is 4. The molecule has 0 bridgehead atoms. The Hall–Kier alpha value is -4.58. The third-order valence-corrected chi connectivity index (χ3v) is 5.28. The van der Waals surface area contributed by atoms with E-state index in [9.17, 15) is 19.8 Å². The van der Waals surface area contributed by atoms with E-state index in [0.29, 0.717) is 28.1 Å². The monoisotopic (exact) mass is 424 g/mol. The molecule has 0 aliphatic heterocycles. The van der Waals surface area contributed by atoms with Crippen molar-refractivity contribution in [2.24, 2.45) is 0 Å². The van der Waals surface area contributed by atoms with Crippen molar-refractivity contribution in [3.63, 3.8) is 0 Å². The highest BCUT2D eigenvalue weighted by atomic mass is 16.4. The maximum Gasteiger partial charge on any atom is 0.336 e. The number of carboxylic acids is 2. The molecular formula is C26H20N2O4. The Bertz CT molecular complexity index is 1310. The molecule has 0 amide bonds. The van der Waals surface area contributed by atoms with Crippen LogP contribution in [-0.2, 0) is 0 Å². The van der Waals surface area contributed by atoms with Gasteiger partial charge in [0.1, 0.15) is 0 Å². The second kappa shape index (κ2) is 8.28. The molecule has 0 aliphatic rings. The summed E-state index contributed by atoms with van der Waals surface area (Å²) in [7, 11) is 0. The van der Waals surface area contributed by atoms with Crippen molar-refractivity contribution in [1.82, 2.24) is 0 Å². The number of hydrogen-bond acceptors (Lipinski definition) is 4. The fourth-order valence-corrected chi connectivity index (χ4v) is 3.71. The zero-order valence-corrected chi connectivity index (χ0v) is 16.9. The van der Waals surface area contributed by atoms with Crippen LogP contribution in [0.4, 0.5) is 11.4 Å². The van der Waals surface area contributed by atoms with E-state index in [1.165, 1.54) is 12.1 Å². The Morgan fingerprint density at radius 1 is 0.531 bits per heavy atom. The standard InChI is InChI=1S/C26H20N2O4/c27-19-9-5-16(6-10-19)23-21(15-1-3-18(4-2-15)25(29)30)13-14-22(26(31)32)24(23)17-7-11-20(28)12-8-17/h1-14H,27-28H2,(H,29,30)(H,31,32). The fourth-order valence-electron chi connectivity index (χ4n) is 3.71. The van der Waals surface area contributed by atoms with Crippen molar-refractivity contribution in [2.45, 2.75) is 0 Å². The maximum absolute atomic E-state index is 12.2. The van der Waals surface area contributed by atoms with Crippen LogP contribution < -0.4 is 11.5 Å². The molecule has 0 spiro atoms. The van der Waals surface area contributed by atoms with Gasteiger partial charge in [-0.2, -0.15) is 0 Å². The zero-order valence-electron chi connectivity index (χ0n) is 16.9. The number of nitrogens with two attached hydrogens (primary N) is 2. The van der Waals surface area contributed by atoms with Crippen LogP contribution >= 0.6 is 0 Å². The van der Waals surface area contributed by atoms with Crippen molar-refractivity contribution in [1.29, 1.82) is 0 Å². The van der Waals surface area contributed by atoms with E-state index in [-0.39, 0.29) is 11.1 Å². The SMILES string of the molecule is Nc1ccc(-c2c(C(=O)O)ccc(-c3ccc(C(=O)O)cc3)c2-c2ccc(N)cc2)cc1. The lowest BCUT2D eigenvalue weighted by molar-refractivity contribution is 0.0686. The summed E-state index contributed by atoms with van der Waals surface area (Å²) in [6.07, 6.45) is 0.